The summed E-state index contributed by atoms with van der Waals surface area (Å²) in [6.07, 6.45) is 0. The Morgan fingerprint density at radius 3 is 1.63 bits per heavy atom. The normalized spacial score (nSPS) is 11.9. The third kappa shape index (κ3) is 3.59. The van der Waals surface area contributed by atoms with Crippen LogP contribution >= 0.6 is 0 Å². The van der Waals surface area contributed by atoms with Gasteiger partial charge < -0.3 is 8.83 Å². The zero-order chi connectivity index (χ0) is 30.2. The monoisotopic (exact) mass is 586 g/mol. The summed E-state index contributed by atoms with van der Waals surface area (Å²) in [6, 6.07) is 56.1. The fourth-order valence-electron chi connectivity index (χ4n) is 7.51. The fraction of sp³-hybridized carbons (Fsp3) is 0. The van der Waals surface area contributed by atoms with Crippen LogP contribution in [0.2, 0.25) is 0 Å². The largest absolute Gasteiger partial charge is 0.456 e. The van der Waals surface area contributed by atoms with Gasteiger partial charge in [0.2, 0.25) is 0 Å². The van der Waals surface area contributed by atoms with Crippen molar-refractivity contribution in [3.63, 3.8) is 0 Å². The van der Waals surface area contributed by atoms with E-state index in [-0.39, 0.29) is 0 Å². The molecule has 0 N–H and O–H groups in total. The van der Waals surface area contributed by atoms with Crippen molar-refractivity contribution in [3.8, 4) is 33.4 Å². The Kier molecular flexibility index (Phi) is 5.31. The first-order valence-electron chi connectivity index (χ1n) is 15.7. The number of para-hydroxylation sites is 1. The second kappa shape index (κ2) is 9.69. The molecule has 0 amide bonds. The summed E-state index contributed by atoms with van der Waals surface area (Å²) in [5, 5.41) is 9.22. The lowest BCUT2D eigenvalue weighted by Gasteiger charge is -2.18. The molecular weight excluding hydrogens is 560 g/mol. The highest BCUT2D eigenvalue weighted by Crippen LogP contribution is 2.48. The Morgan fingerprint density at radius 1 is 0.304 bits per heavy atom. The van der Waals surface area contributed by atoms with Crippen LogP contribution in [0.25, 0.3) is 98.8 Å². The Labute approximate surface area is 264 Å². The molecule has 10 aromatic rings. The van der Waals surface area contributed by atoms with Crippen LogP contribution in [-0.4, -0.2) is 0 Å². The van der Waals surface area contributed by atoms with Crippen LogP contribution in [0.1, 0.15) is 0 Å². The molecule has 0 saturated carbocycles. The number of hydrogen-bond donors (Lipinski definition) is 0. The van der Waals surface area contributed by atoms with Crippen molar-refractivity contribution in [3.05, 3.63) is 158 Å². The van der Waals surface area contributed by atoms with Gasteiger partial charge in [0.1, 0.15) is 22.3 Å². The predicted molar refractivity (Wildman–Crippen MR) is 192 cm³/mol. The highest BCUT2D eigenvalue weighted by Gasteiger charge is 2.22. The van der Waals surface area contributed by atoms with E-state index in [1.54, 1.807) is 0 Å². The van der Waals surface area contributed by atoms with Crippen LogP contribution in [0.15, 0.2) is 167 Å². The summed E-state index contributed by atoms with van der Waals surface area (Å²) in [6.45, 7) is 0. The van der Waals surface area contributed by atoms with Crippen LogP contribution in [0.4, 0.5) is 0 Å². The zero-order valence-electron chi connectivity index (χ0n) is 24.8. The van der Waals surface area contributed by atoms with Crippen molar-refractivity contribution in [1.29, 1.82) is 0 Å². The van der Waals surface area contributed by atoms with Crippen molar-refractivity contribution in [1.82, 2.24) is 0 Å². The van der Waals surface area contributed by atoms with Gasteiger partial charge in [0.05, 0.1) is 5.39 Å². The molecule has 0 aliphatic rings. The van der Waals surface area contributed by atoms with Crippen molar-refractivity contribution in [2.75, 3.05) is 0 Å². The van der Waals surface area contributed by atoms with Crippen LogP contribution in [-0.2, 0) is 0 Å². The molecule has 2 nitrogen and oxygen atoms in total. The molecule has 8 aromatic carbocycles. The molecule has 0 saturated heterocycles. The lowest BCUT2D eigenvalue weighted by Crippen LogP contribution is -1.91. The van der Waals surface area contributed by atoms with Gasteiger partial charge >= 0.3 is 0 Å². The summed E-state index contributed by atoms with van der Waals surface area (Å²) in [5.74, 6) is 0. The second-order valence-corrected chi connectivity index (χ2v) is 12.0. The SMILES string of the molecule is c1ccc(-c2cccc(-c3c4ccccc4c(-c4cccc5oc6c(ccc7oc8ccccc8c76)c45)c4ccccc34)c2)cc1. The molecule has 46 heavy (non-hydrogen) atoms. The Hall–Kier alpha value is -6.12. The van der Waals surface area contributed by atoms with Crippen molar-refractivity contribution in [2.45, 2.75) is 0 Å². The van der Waals surface area contributed by atoms with Gasteiger partial charge in [-0.15, -0.1) is 0 Å². The van der Waals surface area contributed by atoms with Gasteiger partial charge in [-0.05, 0) is 85.3 Å². The molecular formula is C44H26O2. The summed E-state index contributed by atoms with van der Waals surface area (Å²) in [4.78, 5) is 0. The molecule has 2 heterocycles. The summed E-state index contributed by atoms with van der Waals surface area (Å²) < 4.78 is 12.9. The van der Waals surface area contributed by atoms with E-state index in [0.29, 0.717) is 0 Å². The quantitative estimate of drug-likeness (QED) is 0.193. The summed E-state index contributed by atoms with van der Waals surface area (Å²) in [7, 11) is 0. The maximum atomic E-state index is 6.71. The fourth-order valence-corrected chi connectivity index (χ4v) is 7.51. The number of rotatable bonds is 3. The van der Waals surface area contributed by atoms with Crippen LogP contribution in [0.3, 0.4) is 0 Å². The van der Waals surface area contributed by atoms with E-state index in [9.17, 15) is 0 Å². The Balaban J connectivity index is 1.31. The molecule has 10 rings (SSSR count). The number of fused-ring (bicyclic) bond motifs is 9. The molecule has 0 fully saturated rings. The summed E-state index contributed by atoms with van der Waals surface area (Å²) in [5.41, 5.74) is 10.7. The lowest BCUT2D eigenvalue weighted by molar-refractivity contribution is 0.663. The standard InChI is InChI=1S/C44H26O2/c1-2-12-27(13-3-1)28-14-10-15-29(26-28)40-30-16-4-6-18-32(30)41(33-19-7-5-17-31(33)40)35-21-11-23-38-42(35)36-24-25-39-43(44(36)46-38)34-20-8-9-22-37(34)45-39/h1-26H. The molecule has 2 heteroatoms. The average molecular weight is 587 g/mol. The second-order valence-electron chi connectivity index (χ2n) is 12.0. The van der Waals surface area contributed by atoms with E-state index >= 15 is 0 Å². The molecule has 0 radical (unpaired) electrons. The molecule has 0 aliphatic heterocycles. The Bertz CT molecular complexity index is 2740. The van der Waals surface area contributed by atoms with E-state index in [0.717, 1.165) is 43.9 Å². The first-order valence-corrected chi connectivity index (χ1v) is 15.7. The van der Waals surface area contributed by atoms with E-state index in [1.165, 1.54) is 54.9 Å². The van der Waals surface area contributed by atoms with Gasteiger partial charge in [-0.2, -0.15) is 0 Å². The summed E-state index contributed by atoms with van der Waals surface area (Å²) >= 11 is 0. The minimum absolute atomic E-state index is 0.840. The molecule has 0 bridgehead atoms. The Morgan fingerprint density at radius 2 is 0.870 bits per heavy atom. The topological polar surface area (TPSA) is 26.3 Å². The molecule has 2 aromatic heterocycles. The van der Waals surface area contributed by atoms with E-state index in [4.69, 9.17) is 8.83 Å². The zero-order valence-corrected chi connectivity index (χ0v) is 24.8. The molecule has 0 spiro atoms. The number of furan rings is 2. The number of hydrogen-bond acceptors (Lipinski definition) is 2. The van der Waals surface area contributed by atoms with Crippen molar-refractivity contribution >= 4 is 65.4 Å². The van der Waals surface area contributed by atoms with Crippen LogP contribution < -0.4 is 0 Å². The van der Waals surface area contributed by atoms with Gasteiger partial charge in [-0.3, -0.25) is 0 Å². The highest BCUT2D eigenvalue weighted by atomic mass is 16.3. The van der Waals surface area contributed by atoms with Crippen LogP contribution in [0, 0.1) is 0 Å². The molecule has 214 valence electrons. The first-order chi connectivity index (χ1) is 22.8. The number of benzene rings is 8. The van der Waals surface area contributed by atoms with E-state index in [2.05, 4.69) is 146 Å². The van der Waals surface area contributed by atoms with E-state index in [1.807, 2.05) is 12.1 Å². The van der Waals surface area contributed by atoms with E-state index < -0.39 is 0 Å². The lowest BCUT2D eigenvalue weighted by atomic mass is 9.84. The van der Waals surface area contributed by atoms with Gasteiger partial charge in [-0.1, -0.05) is 127 Å². The maximum Gasteiger partial charge on any atom is 0.147 e. The average Bonchev–Trinajstić information content (AvgIpc) is 3.69. The van der Waals surface area contributed by atoms with Crippen molar-refractivity contribution in [2.24, 2.45) is 0 Å². The third-order valence-corrected chi connectivity index (χ3v) is 9.46. The van der Waals surface area contributed by atoms with Crippen LogP contribution in [0.5, 0.6) is 0 Å². The van der Waals surface area contributed by atoms with Crippen molar-refractivity contribution < 1.29 is 8.83 Å². The van der Waals surface area contributed by atoms with Gasteiger partial charge in [0.15, 0.2) is 0 Å². The highest BCUT2D eigenvalue weighted by molar-refractivity contribution is 6.28. The predicted octanol–water partition coefficient (Wildman–Crippen LogP) is 12.8. The minimum atomic E-state index is 0.840. The van der Waals surface area contributed by atoms with Gasteiger partial charge in [0, 0.05) is 16.2 Å². The minimum Gasteiger partial charge on any atom is -0.456 e. The van der Waals surface area contributed by atoms with Gasteiger partial charge in [-0.25, -0.2) is 0 Å². The molecule has 0 unspecified atom stereocenters. The third-order valence-electron chi connectivity index (χ3n) is 9.46. The molecule has 0 aliphatic carbocycles. The molecule has 0 atom stereocenters. The maximum absolute atomic E-state index is 6.71. The smallest absolute Gasteiger partial charge is 0.147 e. The first kappa shape index (κ1) is 25.2. The van der Waals surface area contributed by atoms with Gasteiger partial charge in [0.25, 0.3) is 0 Å².